The molecule has 1 aliphatic rings. The summed E-state index contributed by atoms with van der Waals surface area (Å²) >= 11 is 0. The van der Waals surface area contributed by atoms with Gasteiger partial charge in [-0.3, -0.25) is 4.79 Å². The summed E-state index contributed by atoms with van der Waals surface area (Å²) in [7, 11) is 0. The number of alkyl halides is 3. The van der Waals surface area contributed by atoms with Crippen LogP contribution in [0, 0.1) is 5.92 Å². The minimum Gasteiger partial charge on any atom is -0.481 e. The Labute approximate surface area is 108 Å². The van der Waals surface area contributed by atoms with Gasteiger partial charge in [0.1, 0.15) is 0 Å². The van der Waals surface area contributed by atoms with Gasteiger partial charge in [-0.1, -0.05) is 0 Å². The molecule has 1 N–H and O–H groups in total. The van der Waals surface area contributed by atoms with Crippen molar-refractivity contribution in [3.05, 3.63) is 29.8 Å². The van der Waals surface area contributed by atoms with Crippen LogP contribution in [0.1, 0.15) is 18.4 Å². The van der Waals surface area contributed by atoms with E-state index in [4.69, 9.17) is 5.11 Å². The highest BCUT2D eigenvalue weighted by molar-refractivity contribution is 5.67. The normalized spacial score (nSPS) is 19.7. The summed E-state index contributed by atoms with van der Waals surface area (Å²) in [6, 6.07) is 4.98. The van der Waals surface area contributed by atoms with Gasteiger partial charge in [-0.15, -0.1) is 0 Å². The van der Waals surface area contributed by atoms with Crippen LogP contribution in [0.3, 0.4) is 0 Å². The van der Waals surface area contributed by atoms with Crippen molar-refractivity contribution in [1.82, 2.24) is 0 Å². The number of nitrogens with zero attached hydrogens (tertiary/aromatic N) is 1. The molecule has 0 bridgehead atoms. The van der Waals surface area contributed by atoms with Crippen LogP contribution in [-0.2, 0) is 11.0 Å². The van der Waals surface area contributed by atoms with E-state index in [9.17, 15) is 18.0 Å². The maximum absolute atomic E-state index is 12.4. The van der Waals surface area contributed by atoms with Crippen LogP contribution in [0.25, 0.3) is 0 Å². The number of anilines is 1. The lowest BCUT2D eigenvalue weighted by Crippen LogP contribution is -2.20. The predicted molar refractivity (Wildman–Crippen MR) is 64.0 cm³/mol. The van der Waals surface area contributed by atoms with E-state index >= 15 is 0 Å². The summed E-state index contributed by atoms with van der Waals surface area (Å²) in [5.74, 6) is -0.765. The molecule has 0 aromatic heterocycles. The quantitative estimate of drug-likeness (QED) is 0.920. The summed E-state index contributed by atoms with van der Waals surface area (Å²) < 4.78 is 37.3. The first-order valence-electron chi connectivity index (χ1n) is 6.00. The predicted octanol–water partition coefficient (Wildman–Crippen LogP) is 3.01. The molecule has 0 saturated carbocycles. The number of benzene rings is 1. The number of aliphatic carboxylic acids is 1. The molecular formula is C13H14F3NO2. The molecule has 1 aromatic rings. The highest BCUT2D eigenvalue weighted by atomic mass is 19.4. The minimum absolute atomic E-state index is 0.0693. The Balaban J connectivity index is 2.02. The molecule has 0 aliphatic carbocycles. The Morgan fingerprint density at radius 3 is 2.47 bits per heavy atom. The zero-order valence-corrected chi connectivity index (χ0v) is 10.2. The minimum atomic E-state index is -4.32. The lowest BCUT2D eigenvalue weighted by molar-refractivity contribution is -0.138. The first kappa shape index (κ1) is 13.7. The lowest BCUT2D eigenvalue weighted by Gasteiger charge is -2.19. The van der Waals surface area contributed by atoms with E-state index in [1.54, 1.807) is 0 Å². The summed E-state index contributed by atoms with van der Waals surface area (Å²) in [5, 5.41) is 8.71. The SMILES string of the molecule is O=C(O)CC1CCN(c2ccc(C(F)(F)F)cc2)C1. The van der Waals surface area contributed by atoms with E-state index in [1.807, 2.05) is 4.90 Å². The third-order valence-corrected chi connectivity index (χ3v) is 3.31. The number of hydrogen-bond acceptors (Lipinski definition) is 2. The van der Waals surface area contributed by atoms with Crippen LogP contribution in [0.15, 0.2) is 24.3 Å². The highest BCUT2D eigenvalue weighted by Crippen LogP contribution is 2.32. The molecule has 1 aliphatic heterocycles. The van der Waals surface area contributed by atoms with Crippen molar-refractivity contribution in [2.45, 2.75) is 19.0 Å². The Bertz CT molecular complexity index is 456. The average Bonchev–Trinajstić information content (AvgIpc) is 2.75. The number of carboxylic acid groups (broad SMARTS) is 1. The molecule has 1 unspecified atom stereocenters. The van der Waals surface area contributed by atoms with Crippen molar-refractivity contribution in [1.29, 1.82) is 0 Å². The second-order valence-electron chi connectivity index (χ2n) is 4.74. The van der Waals surface area contributed by atoms with Crippen LogP contribution in [0.5, 0.6) is 0 Å². The van der Waals surface area contributed by atoms with E-state index in [-0.39, 0.29) is 12.3 Å². The molecular weight excluding hydrogens is 259 g/mol. The lowest BCUT2D eigenvalue weighted by atomic mass is 10.1. The molecule has 1 heterocycles. The maximum Gasteiger partial charge on any atom is 0.416 e. The van der Waals surface area contributed by atoms with Gasteiger partial charge in [0.2, 0.25) is 0 Å². The third kappa shape index (κ3) is 3.39. The summed E-state index contributed by atoms with van der Waals surface area (Å²) in [6.07, 6.45) is -3.46. The molecule has 6 heteroatoms. The fraction of sp³-hybridized carbons (Fsp3) is 0.462. The zero-order valence-electron chi connectivity index (χ0n) is 10.2. The van der Waals surface area contributed by atoms with Crippen molar-refractivity contribution < 1.29 is 23.1 Å². The van der Waals surface area contributed by atoms with Crippen LogP contribution < -0.4 is 4.90 Å². The van der Waals surface area contributed by atoms with Crippen molar-refractivity contribution >= 4 is 11.7 Å². The summed E-state index contributed by atoms with van der Waals surface area (Å²) in [5.41, 5.74) is 0.0402. The van der Waals surface area contributed by atoms with Gasteiger partial charge in [0.15, 0.2) is 0 Å². The number of carboxylic acids is 1. The Morgan fingerprint density at radius 1 is 1.32 bits per heavy atom. The Morgan fingerprint density at radius 2 is 1.95 bits per heavy atom. The summed E-state index contributed by atoms with van der Waals surface area (Å²) in [4.78, 5) is 12.5. The largest absolute Gasteiger partial charge is 0.481 e. The van der Waals surface area contributed by atoms with Crippen molar-refractivity contribution in [2.24, 2.45) is 5.92 Å². The van der Waals surface area contributed by atoms with Crippen molar-refractivity contribution in [3.8, 4) is 0 Å². The molecule has 0 amide bonds. The second kappa shape index (κ2) is 5.11. The van der Waals surface area contributed by atoms with Gasteiger partial charge in [-0.05, 0) is 36.6 Å². The van der Waals surface area contributed by atoms with Crippen molar-refractivity contribution in [3.63, 3.8) is 0 Å². The van der Waals surface area contributed by atoms with Crippen LogP contribution in [0.2, 0.25) is 0 Å². The maximum atomic E-state index is 12.4. The average molecular weight is 273 g/mol. The van der Waals surface area contributed by atoms with Crippen LogP contribution >= 0.6 is 0 Å². The second-order valence-corrected chi connectivity index (χ2v) is 4.74. The first-order valence-corrected chi connectivity index (χ1v) is 6.00. The molecule has 3 nitrogen and oxygen atoms in total. The van der Waals surface area contributed by atoms with Gasteiger partial charge in [-0.2, -0.15) is 13.2 Å². The van der Waals surface area contributed by atoms with Gasteiger partial charge < -0.3 is 10.0 Å². The van der Waals surface area contributed by atoms with Gasteiger partial charge in [0.25, 0.3) is 0 Å². The smallest absolute Gasteiger partial charge is 0.416 e. The van der Waals surface area contributed by atoms with Gasteiger partial charge in [0.05, 0.1) is 5.56 Å². The molecule has 19 heavy (non-hydrogen) atoms. The monoisotopic (exact) mass is 273 g/mol. The molecule has 1 aromatic carbocycles. The molecule has 1 atom stereocenters. The molecule has 1 saturated heterocycles. The summed E-state index contributed by atoms with van der Waals surface area (Å²) in [6.45, 7) is 1.26. The molecule has 0 radical (unpaired) electrons. The van der Waals surface area contributed by atoms with E-state index in [0.717, 1.165) is 18.6 Å². The van der Waals surface area contributed by atoms with E-state index in [2.05, 4.69) is 0 Å². The fourth-order valence-electron chi connectivity index (χ4n) is 2.34. The highest BCUT2D eigenvalue weighted by Gasteiger charge is 2.30. The number of hydrogen-bond donors (Lipinski definition) is 1. The number of halogens is 3. The van der Waals surface area contributed by atoms with E-state index in [1.165, 1.54) is 12.1 Å². The van der Waals surface area contributed by atoms with Gasteiger partial charge in [0, 0.05) is 25.2 Å². The zero-order chi connectivity index (χ0) is 14.0. The van der Waals surface area contributed by atoms with Crippen LogP contribution in [0.4, 0.5) is 18.9 Å². The molecule has 104 valence electrons. The fourth-order valence-corrected chi connectivity index (χ4v) is 2.34. The number of rotatable bonds is 3. The molecule has 0 spiro atoms. The Kier molecular flexibility index (Phi) is 3.68. The van der Waals surface area contributed by atoms with E-state index in [0.29, 0.717) is 18.8 Å². The first-order chi connectivity index (χ1) is 8.86. The topological polar surface area (TPSA) is 40.5 Å². The standard InChI is InChI=1S/C13H14F3NO2/c14-13(15,16)10-1-3-11(4-2-10)17-6-5-9(8-17)7-12(18)19/h1-4,9H,5-8H2,(H,18,19). The van der Waals surface area contributed by atoms with Gasteiger partial charge in [-0.25, -0.2) is 0 Å². The third-order valence-electron chi connectivity index (χ3n) is 3.31. The van der Waals surface area contributed by atoms with Crippen molar-refractivity contribution in [2.75, 3.05) is 18.0 Å². The van der Waals surface area contributed by atoms with E-state index < -0.39 is 17.7 Å². The molecule has 2 rings (SSSR count). The van der Waals surface area contributed by atoms with Crippen LogP contribution in [-0.4, -0.2) is 24.2 Å². The molecule has 1 fully saturated rings. The Hall–Kier alpha value is -1.72. The van der Waals surface area contributed by atoms with Gasteiger partial charge >= 0.3 is 12.1 Å². The number of carbonyl (C=O) groups is 1.